The van der Waals surface area contributed by atoms with Crippen LogP contribution in [0, 0.1) is 10.1 Å². The molecule has 1 fully saturated rings. The van der Waals surface area contributed by atoms with Crippen LogP contribution < -0.4 is 5.32 Å². The van der Waals surface area contributed by atoms with Crippen LogP contribution in [-0.4, -0.2) is 39.6 Å². The summed E-state index contributed by atoms with van der Waals surface area (Å²) < 4.78 is 0. The van der Waals surface area contributed by atoms with Crippen LogP contribution in [0.4, 0.5) is 11.4 Å². The summed E-state index contributed by atoms with van der Waals surface area (Å²) in [4.78, 5) is 22.1. The molecule has 0 radical (unpaired) electrons. The molecule has 114 valence electrons. The molecule has 1 atom stereocenters. The molecule has 1 aromatic rings. The van der Waals surface area contributed by atoms with Crippen LogP contribution in [0.2, 0.25) is 0 Å². The third-order valence-electron chi connectivity index (χ3n) is 3.53. The molecule has 0 bridgehead atoms. The van der Waals surface area contributed by atoms with Gasteiger partial charge in [-0.25, -0.2) is 5.01 Å². The lowest BCUT2D eigenvalue weighted by atomic mass is 10.2. The van der Waals surface area contributed by atoms with Crippen molar-refractivity contribution in [2.24, 2.45) is 0 Å². The number of anilines is 1. The topological polar surface area (TPSA) is 78.7 Å². The van der Waals surface area contributed by atoms with Gasteiger partial charge >= 0.3 is 0 Å². The summed E-state index contributed by atoms with van der Waals surface area (Å²) in [5.41, 5.74) is 0.821. The van der Waals surface area contributed by atoms with Gasteiger partial charge in [0.15, 0.2) is 0 Å². The molecule has 1 aliphatic heterocycles. The van der Waals surface area contributed by atoms with Gasteiger partial charge in [0.1, 0.15) is 6.17 Å². The van der Waals surface area contributed by atoms with Crippen molar-refractivity contribution in [2.75, 3.05) is 11.9 Å². The van der Waals surface area contributed by atoms with Crippen LogP contribution in [0.1, 0.15) is 27.2 Å². The second-order valence-corrected chi connectivity index (χ2v) is 5.37. The number of carbonyl (C=O) groups is 1. The number of carbonyl (C=O) groups excluding carboxylic acids is 1. The van der Waals surface area contributed by atoms with Gasteiger partial charge in [-0.3, -0.25) is 19.9 Å². The van der Waals surface area contributed by atoms with Crippen molar-refractivity contribution in [3.63, 3.8) is 0 Å². The first kappa shape index (κ1) is 15.2. The van der Waals surface area contributed by atoms with E-state index < -0.39 is 4.92 Å². The van der Waals surface area contributed by atoms with E-state index in [1.807, 2.05) is 18.9 Å². The molecule has 0 aliphatic carbocycles. The molecule has 2 rings (SSSR count). The zero-order valence-corrected chi connectivity index (χ0v) is 12.4. The maximum absolute atomic E-state index is 11.9. The highest BCUT2D eigenvalue weighted by molar-refractivity contribution is 5.73. The second kappa shape index (κ2) is 6.09. The Kier molecular flexibility index (Phi) is 4.42. The Balaban J connectivity index is 2.11. The lowest BCUT2D eigenvalue weighted by Gasteiger charge is -2.34. The number of benzene rings is 1. The van der Waals surface area contributed by atoms with E-state index in [0.717, 1.165) is 18.7 Å². The Morgan fingerprint density at radius 2 is 2.00 bits per heavy atom. The highest BCUT2D eigenvalue weighted by Crippen LogP contribution is 2.24. The van der Waals surface area contributed by atoms with Crippen molar-refractivity contribution < 1.29 is 9.72 Å². The number of nitro benzene ring substituents is 1. The molecule has 1 aliphatic rings. The van der Waals surface area contributed by atoms with E-state index in [9.17, 15) is 14.9 Å². The van der Waals surface area contributed by atoms with Gasteiger partial charge < -0.3 is 5.32 Å². The summed E-state index contributed by atoms with van der Waals surface area (Å²) in [6, 6.07) is 6.48. The van der Waals surface area contributed by atoms with Gasteiger partial charge in [-0.2, -0.15) is 0 Å². The van der Waals surface area contributed by atoms with E-state index in [4.69, 9.17) is 0 Å². The zero-order valence-electron chi connectivity index (χ0n) is 12.4. The minimum atomic E-state index is -0.429. The molecular formula is C14H20N4O3. The first-order chi connectivity index (χ1) is 9.90. The average molecular weight is 292 g/mol. The highest BCUT2D eigenvalue weighted by Gasteiger charge is 2.35. The third kappa shape index (κ3) is 3.30. The van der Waals surface area contributed by atoms with Crippen molar-refractivity contribution in [1.29, 1.82) is 0 Å². The van der Waals surface area contributed by atoms with Crippen molar-refractivity contribution >= 4 is 17.3 Å². The van der Waals surface area contributed by atoms with E-state index >= 15 is 0 Å². The standard InChI is InChI=1S/C14H20N4O3/c1-10(2)16-9-8-14(17(16)11(3)19)15-12-4-6-13(7-5-12)18(20)21/h4-7,10,14-15H,8-9H2,1-3H3. The van der Waals surface area contributed by atoms with E-state index in [0.29, 0.717) is 0 Å². The maximum atomic E-state index is 11.9. The number of nitro groups is 1. The predicted molar refractivity (Wildman–Crippen MR) is 79.5 cm³/mol. The van der Waals surface area contributed by atoms with Crippen LogP contribution in [0.5, 0.6) is 0 Å². The van der Waals surface area contributed by atoms with Crippen LogP contribution in [0.3, 0.4) is 0 Å². The molecule has 1 N–H and O–H groups in total. The maximum Gasteiger partial charge on any atom is 0.269 e. The lowest BCUT2D eigenvalue weighted by molar-refractivity contribution is -0.384. The van der Waals surface area contributed by atoms with E-state index in [1.165, 1.54) is 12.1 Å². The Hall–Kier alpha value is -2.15. The number of hydrogen-bond donors (Lipinski definition) is 1. The van der Waals surface area contributed by atoms with Crippen LogP contribution in [-0.2, 0) is 4.79 Å². The Bertz CT molecular complexity index is 530. The second-order valence-electron chi connectivity index (χ2n) is 5.37. The normalized spacial score (nSPS) is 19.0. The van der Waals surface area contributed by atoms with Crippen LogP contribution >= 0.6 is 0 Å². The molecule has 0 saturated carbocycles. The van der Waals surface area contributed by atoms with Crippen LogP contribution in [0.15, 0.2) is 24.3 Å². The molecule has 0 spiro atoms. The fourth-order valence-corrected chi connectivity index (χ4v) is 2.58. The van der Waals surface area contributed by atoms with Gasteiger partial charge in [0.2, 0.25) is 5.91 Å². The Labute approximate surface area is 123 Å². The Morgan fingerprint density at radius 3 is 2.48 bits per heavy atom. The summed E-state index contributed by atoms with van der Waals surface area (Å²) in [5.74, 6) is -0.0133. The first-order valence-corrected chi connectivity index (χ1v) is 6.97. The van der Waals surface area contributed by atoms with Crippen molar-refractivity contribution in [1.82, 2.24) is 10.0 Å². The number of nitrogens with one attached hydrogen (secondary N) is 1. The highest BCUT2D eigenvalue weighted by atomic mass is 16.6. The summed E-state index contributed by atoms with van der Waals surface area (Å²) in [6.07, 6.45) is 0.695. The van der Waals surface area contributed by atoms with Gasteiger partial charge in [0.25, 0.3) is 5.69 Å². The van der Waals surface area contributed by atoms with Gasteiger partial charge in [0, 0.05) is 43.8 Å². The van der Waals surface area contributed by atoms with Crippen LogP contribution in [0.25, 0.3) is 0 Å². The molecule has 21 heavy (non-hydrogen) atoms. The summed E-state index contributed by atoms with van der Waals surface area (Å²) in [6.45, 7) is 6.45. The molecule has 0 aromatic heterocycles. The number of hydrazine groups is 1. The van der Waals surface area contributed by atoms with E-state index in [2.05, 4.69) is 5.32 Å². The smallest absolute Gasteiger partial charge is 0.269 e. The largest absolute Gasteiger partial charge is 0.364 e. The molecule has 7 heteroatoms. The van der Waals surface area contributed by atoms with Crippen molar-refractivity contribution in [3.05, 3.63) is 34.4 Å². The number of non-ortho nitro benzene ring substituents is 1. The quantitative estimate of drug-likeness (QED) is 0.680. The predicted octanol–water partition coefficient (Wildman–Crippen LogP) is 2.21. The van der Waals surface area contributed by atoms with Crippen molar-refractivity contribution in [2.45, 2.75) is 39.4 Å². The first-order valence-electron chi connectivity index (χ1n) is 6.97. The van der Waals surface area contributed by atoms with E-state index in [1.54, 1.807) is 24.1 Å². The number of rotatable bonds is 4. The molecule has 1 unspecified atom stereocenters. The zero-order chi connectivity index (χ0) is 15.6. The monoisotopic (exact) mass is 292 g/mol. The molecular weight excluding hydrogens is 272 g/mol. The van der Waals surface area contributed by atoms with E-state index in [-0.39, 0.29) is 23.8 Å². The van der Waals surface area contributed by atoms with Gasteiger partial charge in [-0.15, -0.1) is 0 Å². The Morgan fingerprint density at radius 1 is 1.38 bits per heavy atom. The fraction of sp³-hybridized carbons (Fsp3) is 0.500. The summed E-state index contributed by atoms with van der Waals surface area (Å²) >= 11 is 0. The fourth-order valence-electron chi connectivity index (χ4n) is 2.58. The number of amides is 1. The molecule has 1 aromatic carbocycles. The minimum absolute atomic E-state index is 0.0133. The summed E-state index contributed by atoms with van der Waals surface area (Å²) in [7, 11) is 0. The average Bonchev–Trinajstić information content (AvgIpc) is 2.83. The summed E-state index contributed by atoms with van der Waals surface area (Å²) in [5, 5.41) is 17.7. The van der Waals surface area contributed by atoms with Gasteiger partial charge in [0.05, 0.1) is 4.92 Å². The van der Waals surface area contributed by atoms with Crippen molar-refractivity contribution in [3.8, 4) is 0 Å². The lowest BCUT2D eigenvalue weighted by Crippen LogP contribution is -2.49. The number of hydrogen-bond acceptors (Lipinski definition) is 5. The number of nitrogens with zero attached hydrogens (tertiary/aromatic N) is 3. The van der Waals surface area contributed by atoms with Gasteiger partial charge in [-0.05, 0) is 26.0 Å². The minimum Gasteiger partial charge on any atom is -0.364 e. The third-order valence-corrected chi connectivity index (χ3v) is 3.53. The SMILES string of the molecule is CC(=O)N1C(Nc2ccc([N+](=O)[O-])cc2)CCN1C(C)C. The molecule has 7 nitrogen and oxygen atoms in total. The molecule has 1 amide bonds. The molecule has 1 saturated heterocycles. The molecule has 1 heterocycles. The van der Waals surface area contributed by atoms with Gasteiger partial charge in [-0.1, -0.05) is 0 Å².